The zero-order valence-corrected chi connectivity index (χ0v) is 17.5. The number of hydrogen-bond donors (Lipinski definition) is 1. The van der Waals surface area contributed by atoms with E-state index in [0.717, 1.165) is 7.11 Å². The zero-order valence-electron chi connectivity index (χ0n) is 17.5. The summed E-state index contributed by atoms with van der Waals surface area (Å²) in [5, 5.41) is 11.7. The number of allylic oxidation sites excluding steroid dienone is 2. The van der Waals surface area contributed by atoms with Crippen LogP contribution in [0.4, 0.5) is 22.0 Å². The Morgan fingerprint density at radius 2 is 1.84 bits per heavy atom. The van der Waals surface area contributed by atoms with Gasteiger partial charge in [0.15, 0.2) is 0 Å². The van der Waals surface area contributed by atoms with Crippen molar-refractivity contribution in [3.8, 4) is 6.07 Å². The molecule has 0 spiro atoms. The maximum absolute atomic E-state index is 15.0. The molecule has 32 heavy (non-hydrogen) atoms. The SMILES string of the molecule is COC(=O)C1=C(CF)NC(C)=C(C(=O)OC(C)C)C1c1c(F)ccc(C#N)c1C(F)(F)F. The van der Waals surface area contributed by atoms with E-state index in [1.165, 1.54) is 26.8 Å². The van der Waals surface area contributed by atoms with Gasteiger partial charge in [-0.25, -0.2) is 18.4 Å². The lowest BCUT2D eigenvalue weighted by atomic mass is 9.77. The number of ether oxygens (including phenoxy) is 2. The van der Waals surface area contributed by atoms with Crippen LogP contribution >= 0.6 is 0 Å². The van der Waals surface area contributed by atoms with Crippen molar-refractivity contribution in [2.24, 2.45) is 0 Å². The highest BCUT2D eigenvalue weighted by atomic mass is 19.4. The lowest BCUT2D eigenvalue weighted by Crippen LogP contribution is -2.35. The van der Waals surface area contributed by atoms with Crippen molar-refractivity contribution in [1.29, 1.82) is 5.26 Å². The first-order valence-corrected chi connectivity index (χ1v) is 9.24. The predicted octanol–water partition coefficient (Wildman–Crippen LogP) is 4.03. The maximum atomic E-state index is 15.0. The highest BCUT2D eigenvalue weighted by Gasteiger charge is 2.46. The minimum absolute atomic E-state index is 0.143. The van der Waals surface area contributed by atoms with Crippen molar-refractivity contribution in [2.75, 3.05) is 13.8 Å². The Balaban J connectivity index is 3.04. The van der Waals surface area contributed by atoms with Gasteiger partial charge in [0.2, 0.25) is 0 Å². The Labute approximate surface area is 180 Å². The largest absolute Gasteiger partial charge is 0.466 e. The van der Waals surface area contributed by atoms with Crippen LogP contribution in [-0.4, -0.2) is 31.8 Å². The normalized spacial score (nSPS) is 16.6. The van der Waals surface area contributed by atoms with Crippen molar-refractivity contribution in [1.82, 2.24) is 5.32 Å². The minimum atomic E-state index is -5.24. The Kier molecular flexibility index (Phi) is 7.28. The van der Waals surface area contributed by atoms with Gasteiger partial charge < -0.3 is 14.8 Å². The summed E-state index contributed by atoms with van der Waals surface area (Å²) in [5.74, 6) is -5.94. The smallest absolute Gasteiger partial charge is 0.418 e. The molecule has 1 aromatic rings. The average Bonchev–Trinajstić information content (AvgIpc) is 2.70. The van der Waals surface area contributed by atoms with E-state index in [9.17, 15) is 32.4 Å². The molecule has 1 atom stereocenters. The first-order chi connectivity index (χ1) is 14.9. The third-order valence-corrected chi connectivity index (χ3v) is 4.63. The minimum Gasteiger partial charge on any atom is -0.466 e. The van der Waals surface area contributed by atoms with E-state index in [0.29, 0.717) is 12.1 Å². The van der Waals surface area contributed by atoms with Crippen LogP contribution in [0.5, 0.6) is 0 Å². The quantitative estimate of drug-likeness (QED) is 0.530. The number of dihydropyridines is 1. The van der Waals surface area contributed by atoms with E-state index in [-0.39, 0.29) is 5.70 Å². The van der Waals surface area contributed by atoms with E-state index < -0.39 is 76.2 Å². The molecule has 172 valence electrons. The molecule has 6 nitrogen and oxygen atoms in total. The monoisotopic (exact) mass is 458 g/mol. The molecule has 0 saturated carbocycles. The standard InChI is InChI=1S/C21H19F5N2O4/c1-9(2)32-20(30)14-10(3)28-13(7-22)16(19(29)31-4)17(14)15-12(23)6-5-11(8-27)18(15)21(24,25)26/h5-6,9,17,28H,7H2,1-4H3. The number of nitriles is 1. The molecule has 0 aromatic heterocycles. The highest BCUT2D eigenvalue weighted by Crippen LogP contribution is 2.46. The second-order valence-electron chi connectivity index (χ2n) is 7.06. The van der Waals surface area contributed by atoms with Gasteiger partial charge in [-0.1, -0.05) is 0 Å². The number of halogens is 5. The van der Waals surface area contributed by atoms with Gasteiger partial charge in [-0.2, -0.15) is 18.4 Å². The number of carbonyl (C=O) groups is 2. The molecule has 0 saturated heterocycles. The van der Waals surface area contributed by atoms with Gasteiger partial charge in [0.1, 0.15) is 12.5 Å². The van der Waals surface area contributed by atoms with Gasteiger partial charge in [-0.05, 0) is 32.9 Å². The van der Waals surface area contributed by atoms with Crippen LogP contribution in [0.2, 0.25) is 0 Å². The summed E-state index contributed by atoms with van der Waals surface area (Å²) in [6.45, 7) is 2.83. The molecular weight excluding hydrogens is 439 g/mol. The first-order valence-electron chi connectivity index (χ1n) is 9.24. The highest BCUT2D eigenvalue weighted by molar-refractivity contribution is 6.00. The number of nitrogens with one attached hydrogen (secondary N) is 1. The van der Waals surface area contributed by atoms with Gasteiger partial charge in [0.05, 0.1) is 53.2 Å². The molecule has 0 fully saturated rings. The summed E-state index contributed by atoms with van der Waals surface area (Å²) < 4.78 is 80.4. The van der Waals surface area contributed by atoms with Crippen molar-refractivity contribution >= 4 is 11.9 Å². The second kappa shape index (κ2) is 9.38. The molecule has 0 amide bonds. The molecule has 1 N–H and O–H groups in total. The molecule has 1 unspecified atom stereocenters. The van der Waals surface area contributed by atoms with Gasteiger partial charge in [0.25, 0.3) is 0 Å². The fourth-order valence-corrected chi connectivity index (χ4v) is 3.46. The third-order valence-electron chi connectivity index (χ3n) is 4.63. The third kappa shape index (κ3) is 4.59. The van der Waals surface area contributed by atoms with Crippen molar-refractivity contribution < 1.29 is 41.0 Å². The number of benzene rings is 1. The van der Waals surface area contributed by atoms with E-state index in [1.54, 1.807) is 0 Å². The molecule has 2 rings (SSSR count). The van der Waals surface area contributed by atoms with Gasteiger partial charge >= 0.3 is 18.1 Å². The Bertz CT molecular complexity index is 1050. The Morgan fingerprint density at radius 3 is 2.31 bits per heavy atom. The fraction of sp³-hybridized carbons (Fsp3) is 0.381. The number of alkyl halides is 4. The van der Waals surface area contributed by atoms with E-state index in [1.807, 2.05) is 0 Å². The topological polar surface area (TPSA) is 88.4 Å². The Morgan fingerprint density at radius 1 is 1.22 bits per heavy atom. The molecule has 0 bridgehead atoms. The molecule has 1 aromatic carbocycles. The number of carbonyl (C=O) groups excluding carboxylic acids is 2. The van der Waals surface area contributed by atoms with E-state index in [4.69, 9.17) is 4.74 Å². The number of esters is 2. The van der Waals surface area contributed by atoms with Crippen LogP contribution in [0, 0.1) is 17.1 Å². The van der Waals surface area contributed by atoms with Crippen LogP contribution in [0.25, 0.3) is 0 Å². The van der Waals surface area contributed by atoms with Gasteiger partial charge in [-0.3, -0.25) is 0 Å². The van der Waals surface area contributed by atoms with Crippen LogP contribution in [0.3, 0.4) is 0 Å². The van der Waals surface area contributed by atoms with Crippen molar-refractivity contribution in [3.05, 3.63) is 57.2 Å². The van der Waals surface area contributed by atoms with Crippen molar-refractivity contribution in [3.63, 3.8) is 0 Å². The summed E-state index contributed by atoms with van der Waals surface area (Å²) >= 11 is 0. The predicted molar refractivity (Wildman–Crippen MR) is 101 cm³/mol. The molecule has 0 radical (unpaired) electrons. The maximum Gasteiger partial charge on any atom is 0.418 e. The Hall–Kier alpha value is -3.42. The molecule has 1 heterocycles. The summed E-state index contributed by atoms with van der Waals surface area (Å²) in [4.78, 5) is 25.3. The number of hydrogen-bond acceptors (Lipinski definition) is 6. The van der Waals surface area contributed by atoms with E-state index >= 15 is 4.39 Å². The summed E-state index contributed by atoms with van der Waals surface area (Å²) in [5.41, 5.74) is -5.74. The molecule has 0 aliphatic carbocycles. The van der Waals surface area contributed by atoms with Crippen LogP contribution in [-0.2, 0) is 25.2 Å². The molecular formula is C21H19F5N2O4. The average molecular weight is 458 g/mol. The fourth-order valence-electron chi connectivity index (χ4n) is 3.46. The second-order valence-corrected chi connectivity index (χ2v) is 7.06. The van der Waals surface area contributed by atoms with Crippen LogP contribution in [0.15, 0.2) is 34.7 Å². The van der Waals surface area contributed by atoms with Gasteiger partial charge in [0, 0.05) is 11.3 Å². The van der Waals surface area contributed by atoms with E-state index in [2.05, 4.69) is 10.1 Å². The lowest BCUT2D eigenvalue weighted by Gasteiger charge is -2.32. The summed E-state index contributed by atoms with van der Waals surface area (Å²) in [7, 11) is 0.895. The zero-order chi connectivity index (χ0) is 24.4. The molecule has 1 aliphatic rings. The first kappa shape index (κ1) is 24.8. The molecule has 11 heteroatoms. The van der Waals surface area contributed by atoms with Crippen LogP contribution < -0.4 is 5.32 Å². The van der Waals surface area contributed by atoms with Crippen LogP contribution in [0.1, 0.15) is 43.4 Å². The van der Waals surface area contributed by atoms with Crippen molar-refractivity contribution in [2.45, 2.75) is 39.0 Å². The lowest BCUT2D eigenvalue weighted by molar-refractivity contribution is -0.144. The summed E-state index contributed by atoms with van der Waals surface area (Å²) in [6.07, 6.45) is -5.96. The number of methoxy groups -OCH3 is 1. The summed E-state index contributed by atoms with van der Waals surface area (Å²) in [6, 6.07) is 2.57. The van der Waals surface area contributed by atoms with Gasteiger partial charge in [-0.15, -0.1) is 0 Å². The number of rotatable bonds is 5. The molecule has 1 aliphatic heterocycles. The number of nitrogens with zero attached hydrogens (tertiary/aromatic N) is 1.